The summed E-state index contributed by atoms with van der Waals surface area (Å²) in [5, 5.41) is 3.92. The highest BCUT2D eigenvalue weighted by Crippen LogP contribution is 2.26. The van der Waals surface area contributed by atoms with Gasteiger partial charge in [-0.1, -0.05) is 30.3 Å². The van der Waals surface area contributed by atoms with Gasteiger partial charge in [0.15, 0.2) is 0 Å². The molecule has 0 saturated heterocycles. The second-order valence-corrected chi connectivity index (χ2v) is 5.50. The van der Waals surface area contributed by atoms with Gasteiger partial charge in [0.05, 0.1) is 12.8 Å². The van der Waals surface area contributed by atoms with Crippen molar-refractivity contribution in [1.29, 1.82) is 0 Å². The van der Waals surface area contributed by atoms with Crippen molar-refractivity contribution in [3.05, 3.63) is 65.5 Å². The number of hydrazone groups is 1. The van der Waals surface area contributed by atoms with Crippen LogP contribution in [-0.2, 0) is 11.2 Å². The Bertz CT molecular complexity index is 712. The molecular weight excluding hydrogens is 293 g/mol. The zero-order chi connectivity index (χ0) is 16.1. The molecule has 1 heterocycles. The van der Waals surface area contributed by atoms with E-state index in [1.807, 2.05) is 18.2 Å². The van der Waals surface area contributed by atoms with Gasteiger partial charge in [-0.15, -0.1) is 0 Å². The standard InChI is InChI=1S/C18H18FN3O/c19-16-9-7-14(8-10-16)12-20-21-18(23)13-22-11-3-5-15-4-1-2-6-17(15)22/h1-2,4,6-10,12H,3,5,11,13H2,(H,21,23)/b20-12-. The zero-order valence-corrected chi connectivity index (χ0v) is 12.7. The van der Waals surface area contributed by atoms with Gasteiger partial charge in [0.2, 0.25) is 0 Å². The van der Waals surface area contributed by atoms with Crippen LogP contribution in [0.1, 0.15) is 17.5 Å². The maximum atomic E-state index is 12.8. The molecule has 5 heteroatoms. The number of benzene rings is 2. The van der Waals surface area contributed by atoms with Crippen molar-refractivity contribution in [2.75, 3.05) is 18.0 Å². The fraction of sp³-hybridized carbons (Fsp3) is 0.222. The molecule has 1 aliphatic heterocycles. The monoisotopic (exact) mass is 311 g/mol. The largest absolute Gasteiger partial charge is 0.362 e. The van der Waals surface area contributed by atoms with Crippen molar-refractivity contribution in [3.63, 3.8) is 0 Å². The lowest BCUT2D eigenvalue weighted by Crippen LogP contribution is -2.38. The number of nitrogens with zero attached hydrogens (tertiary/aromatic N) is 2. The van der Waals surface area contributed by atoms with Crippen molar-refractivity contribution in [1.82, 2.24) is 5.43 Å². The maximum Gasteiger partial charge on any atom is 0.259 e. The van der Waals surface area contributed by atoms with Crippen LogP contribution in [-0.4, -0.2) is 25.2 Å². The molecule has 0 fully saturated rings. The van der Waals surface area contributed by atoms with Crippen molar-refractivity contribution in [2.24, 2.45) is 5.10 Å². The van der Waals surface area contributed by atoms with E-state index in [0.717, 1.165) is 30.6 Å². The summed E-state index contributed by atoms with van der Waals surface area (Å²) in [6.07, 6.45) is 3.60. The van der Waals surface area contributed by atoms with Crippen LogP contribution in [0, 0.1) is 5.82 Å². The number of hydrogen-bond donors (Lipinski definition) is 1. The molecule has 0 atom stereocenters. The molecule has 0 unspecified atom stereocenters. The second kappa shape index (κ2) is 7.05. The Labute approximate surface area is 134 Å². The van der Waals surface area contributed by atoms with Crippen molar-refractivity contribution in [3.8, 4) is 0 Å². The van der Waals surface area contributed by atoms with Crippen LogP contribution in [0.5, 0.6) is 0 Å². The molecule has 1 aliphatic rings. The third-order valence-electron chi connectivity index (χ3n) is 3.81. The predicted octanol–water partition coefficient (Wildman–Crippen LogP) is 2.73. The average molecular weight is 311 g/mol. The highest BCUT2D eigenvalue weighted by Gasteiger charge is 2.18. The summed E-state index contributed by atoms with van der Waals surface area (Å²) in [7, 11) is 0. The lowest BCUT2D eigenvalue weighted by Gasteiger charge is -2.30. The van der Waals surface area contributed by atoms with Gasteiger partial charge >= 0.3 is 0 Å². The van der Waals surface area contributed by atoms with Gasteiger partial charge in [-0.05, 0) is 42.2 Å². The number of anilines is 1. The van der Waals surface area contributed by atoms with Crippen molar-refractivity contribution >= 4 is 17.8 Å². The Morgan fingerprint density at radius 1 is 1.22 bits per heavy atom. The number of halogens is 1. The average Bonchev–Trinajstić information content (AvgIpc) is 2.57. The first-order valence-corrected chi connectivity index (χ1v) is 7.63. The molecule has 1 amide bonds. The summed E-state index contributed by atoms with van der Waals surface area (Å²) in [5.74, 6) is -0.463. The number of carbonyl (C=O) groups excluding carboxylic acids is 1. The first-order valence-electron chi connectivity index (χ1n) is 7.63. The summed E-state index contributed by atoms with van der Waals surface area (Å²) in [4.78, 5) is 14.1. The molecule has 2 aromatic rings. The van der Waals surface area contributed by atoms with Crippen molar-refractivity contribution < 1.29 is 9.18 Å². The molecule has 2 aromatic carbocycles. The van der Waals surface area contributed by atoms with E-state index in [-0.39, 0.29) is 18.3 Å². The third-order valence-corrected chi connectivity index (χ3v) is 3.81. The molecule has 23 heavy (non-hydrogen) atoms. The summed E-state index contributed by atoms with van der Waals surface area (Å²) in [6.45, 7) is 1.14. The van der Waals surface area contributed by atoms with E-state index < -0.39 is 0 Å². The topological polar surface area (TPSA) is 44.7 Å². The summed E-state index contributed by atoms with van der Waals surface area (Å²) >= 11 is 0. The molecule has 118 valence electrons. The van der Waals surface area contributed by atoms with Crippen LogP contribution >= 0.6 is 0 Å². The molecule has 3 rings (SSSR count). The molecule has 0 aliphatic carbocycles. The van der Waals surface area contributed by atoms with Crippen LogP contribution in [0.4, 0.5) is 10.1 Å². The number of rotatable bonds is 4. The number of nitrogens with one attached hydrogen (secondary N) is 1. The first kappa shape index (κ1) is 15.2. The number of fused-ring (bicyclic) bond motifs is 1. The van der Waals surface area contributed by atoms with Crippen molar-refractivity contribution in [2.45, 2.75) is 12.8 Å². The van der Waals surface area contributed by atoms with E-state index in [4.69, 9.17) is 0 Å². The minimum absolute atomic E-state index is 0.167. The van der Waals surface area contributed by atoms with Gasteiger partial charge in [-0.2, -0.15) is 5.10 Å². The van der Waals surface area contributed by atoms with Crippen LogP contribution in [0.15, 0.2) is 53.6 Å². The summed E-state index contributed by atoms with van der Waals surface area (Å²) in [5.41, 5.74) is 5.65. The van der Waals surface area contributed by atoms with E-state index in [2.05, 4.69) is 21.5 Å². The first-order chi connectivity index (χ1) is 11.2. The van der Waals surface area contributed by atoms with E-state index in [1.54, 1.807) is 12.1 Å². The third kappa shape index (κ3) is 3.94. The van der Waals surface area contributed by atoms with Gasteiger partial charge in [0, 0.05) is 12.2 Å². The number of amides is 1. The molecule has 0 aromatic heterocycles. The number of aryl methyl sites for hydroxylation is 1. The molecule has 0 radical (unpaired) electrons. The SMILES string of the molecule is O=C(CN1CCCc2ccccc21)N/N=C\c1ccc(F)cc1. The quantitative estimate of drug-likeness (QED) is 0.697. The highest BCUT2D eigenvalue weighted by atomic mass is 19.1. The molecule has 4 nitrogen and oxygen atoms in total. The second-order valence-electron chi connectivity index (χ2n) is 5.50. The molecule has 0 saturated carbocycles. The Morgan fingerprint density at radius 2 is 2.00 bits per heavy atom. The normalized spacial score (nSPS) is 13.9. The number of carbonyl (C=O) groups is 1. The van der Waals surface area contributed by atoms with Crippen LogP contribution in [0.3, 0.4) is 0 Å². The van der Waals surface area contributed by atoms with Gasteiger partial charge in [-0.25, -0.2) is 9.82 Å². The predicted molar refractivity (Wildman–Crippen MR) is 89.1 cm³/mol. The lowest BCUT2D eigenvalue weighted by molar-refractivity contribution is -0.119. The summed E-state index contributed by atoms with van der Waals surface area (Å²) in [6, 6.07) is 14.1. The maximum absolute atomic E-state index is 12.8. The van der Waals surface area contributed by atoms with Crippen LogP contribution in [0.25, 0.3) is 0 Å². The summed E-state index contributed by atoms with van der Waals surface area (Å²) < 4.78 is 12.8. The Morgan fingerprint density at radius 3 is 2.83 bits per heavy atom. The number of hydrogen-bond acceptors (Lipinski definition) is 3. The zero-order valence-electron chi connectivity index (χ0n) is 12.7. The van der Waals surface area contributed by atoms with E-state index >= 15 is 0 Å². The van der Waals surface area contributed by atoms with Crippen LogP contribution < -0.4 is 10.3 Å². The molecule has 1 N–H and O–H groups in total. The van der Waals surface area contributed by atoms with E-state index in [0.29, 0.717) is 0 Å². The van der Waals surface area contributed by atoms with Crippen LogP contribution in [0.2, 0.25) is 0 Å². The van der Waals surface area contributed by atoms with Gasteiger partial charge in [-0.3, -0.25) is 4.79 Å². The van der Waals surface area contributed by atoms with E-state index in [9.17, 15) is 9.18 Å². The van der Waals surface area contributed by atoms with Gasteiger partial charge in [0.1, 0.15) is 5.82 Å². The van der Waals surface area contributed by atoms with E-state index in [1.165, 1.54) is 23.9 Å². The Balaban J connectivity index is 1.57. The minimum Gasteiger partial charge on any atom is -0.362 e. The molecule has 0 bridgehead atoms. The number of para-hydroxylation sites is 1. The highest BCUT2D eigenvalue weighted by molar-refractivity contribution is 5.84. The smallest absolute Gasteiger partial charge is 0.259 e. The fourth-order valence-electron chi connectivity index (χ4n) is 2.71. The Kier molecular flexibility index (Phi) is 4.66. The van der Waals surface area contributed by atoms with Gasteiger partial charge < -0.3 is 4.90 Å². The Hall–Kier alpha value is -2.69. The molecular formula is C18H18FN3O. The fourth-order valence-corrected chi connectivity index (χ4v) is 2.71. The molecule has 0 spiro atoms. The lowest BCUT2D eigenvalue weighted by atomic mass is 10.0. The van der Waals surface area contributed by atoms with Gasteiger partial charge in [0.25, 0.3) is 5.91 Å². The minimum atomic E-state index is -0.296.